The van der Waals surface area contributed by atoms with Crippen LogP contribution < -0.4 is 0 Å². The van der Waals surface area contributed by atoms with E-state index in [1.54, 1.807) is 4.90 Å². The summed E-state index contributed by atoms with van der Waals surface area (Å²) in [7, 11) is 0. The molecule has 0 radical (unpaired) electrons. The molecule has 1 fully saturated rings. The van der Waals surface area contributed by atoms with E-state index in [-0.39, 0.29) is 11.8 Å². The number of piperidine rings is 1. The summed E-state index contributed by atoms with van der Waals surface area (Å²) in [5.41, 5.74) is 3.07. The van der Waals surface area contributed by atoms with E-state index in [1.807, 2.05) is 13.8 Å². The number of aryl methyl sites for hydroxylation is 2. The predicted octanol–water partition coefficient (Wildman–Crippen LogP) is 1.28. The van der Waals surface area contributed by atoms with Gasteiger partial charge in [-0.05, 0) is 38.7 Å². The zero-order valence-corrected chi connectivity index (χ0v) is 12.0. The highest BCUT2D eigenvalue weighted by Gasteiger charge is 2.26. The maximum atomic E-state index is 12.1. The summed E-state index contributed by atoms with van der Waals surface area (Å²) < 4.78 is 0. The van der Waals surface area contributed by atoms with Gasteiger partial charge in [-0.2, -0.15) is 5.10 Å². The van der Waals surface area contributed by atoms with Crippen LogP contribution in [0.25, 0.3) is 0 Å². The highest BCUT2D eigenvalue weighted by atomic mass is 16.4. The van der Waals surface area contributed by atoms with Gasteiger partial charge in [-0.15, -0.1) is 0 Å². The Hall–Kier alpha value is -1.85. The van der Waals surface area contributed by atoms with E-state index in [1.165, 1.54) is 0 Å². The van der Waals surface area contributed by atoms with E-state index in [4.69, 9.17) is 5.11 Å². The van der Waals surface area contributed by atoms with Crippen LogP contribution in [0.2, 0.25) is 0 Å². The van der Waals surface area contributed by atoms with E-state index in [0.717, 1.165) is 17.0 Å². The number of carbonyl (C=O) groups is 2. The number of aromatic amines is 1. The minimum absolute atomic E-state index is 0.105. The number of rotatable bonds is 4. The van der Waals surface area contributed by atoms with Crippen molar-refractivity contribution < 1.29 is 14.7 Å². The summed E-state index contributed by atoms with van der Waals surface area (Å²) in [6.07, 6.45) is 2.26. The molecule has 2 heterocycles. The minimum Gasteiger partial charge on any atom is -0.481 e. The molecule has 1 amide bonds. The maximum absolute atomic E-state index is 12.1. The third-order valence-electron chi connectivity index (χ3n) is 4.07. The van der Waals surface area contributed by atoms with E-state index >= 15 is 0 Å². The Kier molecular flexibility index (Phi) is 4.42. The van der Waals surface area contributed by atoms with Crippen molar-refractivity contribution in [2.45, 2.75) is 39.5 Å². The van der Waals surface area contributed by atoms with E-state index in [9.17, 15) is 9.59 Å². The second-order valence-corrected chi connectivity index (χ2v) is 5.41. The van der Waals surface area contributed by atoms with Crippen LogP contribution in [0.1, 0.15) is 36.2 Å². The lowest BCUT2D eigenvalue weighted by molar-refractivity contribution is -0.145. The molecule has 1 aromatic heterocycles. The third-order valence-corrected chi connectivity index (χ3v) is 4.07. The second-order valence-electron chi connectivity index (χ2n) is 5.41. The van der Waals surface area contributed by atoms with Gasteiger partial charge in [-0.25, -0.2) is 0 Å². The summed E-state index contributed by atoms with van der Waals surface area (Å²) in [5.74, 6) is -0.937. The lowest BCUT2D eigenvalue weighted by atomic mass is 9.96. The number of hydrogen-bond acceptors (Lipinski definition) is 3. The monoisotopic (exact) mass is 279 g/mol. The number of H-pyrrole nitrogens is 1. The molecule has 110 valence electrons. The molecule has 2 N–H and O–H groups in total. The van der Waals surface area contributed by atoms with Gasteiger partial charge in [-0.3, -0.25) is 14.7 Å². The second kappa shape index (κ2) is 6.07. The van der Waals surface area contributed by atoms with Gasteiger partial charge in [-0.1, -0.05) is 0 Å². The molecule has 6 nitrogen and oxygen atoms in total. The number of nitrogens with one attached hydrogen (secondary N) is 1. The topological polar surface area (TPSA) is 86.3 Å². The Labute approximate surface area is 118 Å². The fourth-order valence-corrected chi connectivity index (χ4v) is 2.71. The Morgan fingerprint density at radius 1 is 1.35 bits per heavy atom. The number of carboxylic acids is 1. The van der Waals surface area contributed by atoms with Gasteiger partial charge in [0.1, 0.15) is 0 Å². The number of aromatic nitrogens is 2. The first-order valence-electron chi connectivity index (χ1n) is 7.00. The van der Waals surface area contributed by atoms with Gasteiger partial charge in [0.05, 0.1) is 11.6 Å². The molecule has 0 aliphatic carbocycles. The number of amides is 1. The molecule has 6 heteroatoms. The molecular formula is C14H21N3O3. The van der Waals surface area contributed by atoms with Crippen LogP contribution in [0.4, 0.5) is 0 Å². The normalized spacial score (nSPS) is 16.4. The first-order chi connectivity index (χ1) is 9.49. The maximum Gasteiger partial charge on any atom is 0.306 e. The van der Waals surface area contributed by atoms with Crippen LogP contribution in [0.15, 0.2) is 0 Å². The van der Waals surface area contributed by atoms with E-state index in [0.29, 0.717) is 38.8 Å². The van der Waals surface area contributed by atoms with Crippen LogP contribution in [0.3, 0.4) is 0 Å². The average Bonchev–Trinajstić information content (AvgIpc) is 2.75. The molecular weight excluding hydrogens is 258 g/mol. The fraction of sp³-hybridized carbons (Fsp3) is 0.643. The van der Waals surface area contributed by atoms with Crippen molar-refractivity contribution in [3.8, 4) is 0 Å². The van der Waals surface area contributed by atoms with E-state index < -0.39 is 5.97 Å². The summed E-state index contributed by atoms with van der Waals surface area (Å²) in [6, 6.07) is 0. The quantitative estimate of drug-likeness (QED) is 0.869. The minimum atomic E-state index is -0.748. The molecule has 0 bridgehead atoms. The van der Waals surface area contributed by atoms with Crippen molar-refractivity contribution in [1.29, 1.82) is 0 Å². The van der Waals surface area contributed by atoms with Crippen LogP contribution in [-0.4, -0.2) is 45.2 Å². The average molecular weight is 279 g/mol. The fourth-order valence-electron chi connectivity index (χ4n) is 2.71. The molecule has 0 unspecified atom stereocenters. The van der Waals surface area contributed by atoms with Crippen LogP contribution in [0, 0.1) is 19.8 Å². The molecule has 0 saturated carbocycles. The molecule has 1 aliphatic rings. The summed E-state index contributed by atoms with van der Waals surface area (Å²) in [6.45, 7) is 5.00. The number of nitrogens with zero attached hydrogens (tertiary/aromatic N) is 2. The molecule has 0 spiro atoms. The summed E-state index contributed by atoms with van der Waals surface area (Å²) >= 11 is 0. The first kappa shape index (κ1) is 14.6. The Bertz CT molecular complexity index is 482. The Balaban J connectivity index is 1.83. The van der Waals surface area contributed by atoms with Crippen molar-refractivity contribution in [2.24, 2.45) is 5.92 Å². The largest absolute Gasteiger partial charge is 0.481 e. The Morgan fingerprint density at radius 2 is 2.00 bits per heavy atom. The van der Waals surface area contributed by atoms with Gasteiger partial charge in [0.2, 0.25) is 5.91 Å². The molecule has 1 saturated heterocycles. The van der Waals surface area contributed by atoms with E-state index in [2.05, 4.69) is 10.2 Å². The van der Waals surface area contributed by atoms with Crippen molar-refractivity contribution in [2.75, 3.05) is 13.1 Å². The predicted molar refractivity (Wildman–Crippen MR) is 73.3 cm³/mol. The highest BCUT2D eigenvalue weighted by Crippen LogP contribution is 2.19. The lowest BCUT2D eigenvalue weighted by Crippen LogP contribution is -2.40. The van der Waals surface area contributed by atoms with Gasteiger partial charge in [0.15, 0.2) is 0 Å². The molecule has 1 aliphatic heterocycles. The number of hydrogen-bond donors (Lipinski definition) is 2. The third kappa shape index (κ3) is 3.18. The van der Waals surface area contributed by atoms with Gasteiger partial charge in [0.25, 0.3) is 0 Å². The number of likely N-dealkylation sites (tertiary alicyclic amines) is 1. The van der Waals surface area contributed by atoms with Crippen molar-refractivity contribution in [3.63, 3.8) is 0 Å². The summed E-state index contributed by atoms with van der Waals surface area (Å²) in [4.78, 5) is 24.8. The molecule has 20 heavy (non-hydrogen) atoms. The zero-order chi connectivity index (χ0) is 14.7. The van der Waals surface area contributed by atoms with Gasteiger partial charge in [0, 0.05) is 25.2 Å². The molecule has 2 rings (SSSR count). The molecule has 0 atom stereocenters. The standard InChI is InChI=1S/C14H21N3O3/c1-9-12(10(2)16-15-9)3-4-13(18)17-7-5-11(6-8-17)14(19)20/h11H,3-8H2,1-2H3,(H,15,16)(H,19,20). The van der Waals surface area contributed by atoms with Crippen molar-refractivity contribution in [3.05, 3.63) is 17.0 Å². The first-order valence-corrected chi connectivity index (χ1v) is 7.00. The molecule has 0 aromatic carbocycles. The highest BCUT2D eigenvalue weighted by molar-refractivity contribution is 5.77. The van der Waals surface area contributed by atoms with Crippen LogP contribution in [0.5, 0.6) is 0 Å². The number of aliphatic carboxylic acids is 1. The van der Waals surface area contributed by atoms with Gasteiger partial charge >= 0.3 is 5.97 Å². The smallest absolute Gasteiger partial charge is 0.306 e. The lowest BCUT2D eigenvalue weighted by Gasteiger charge is -2.30. The van der Waals surface area contributed by atoms with Crippen molar-refractivity contribution >= 4 is 11.9 Å². The zero-order valence-electron chi connectivity index (χ0n) is 12.0. The van der Waals surface area contributed by atoms with Crippen molar-refractivity contribution in [1.82, 2.24) is 15.1 Å². The number of carbonyl (C=O) groups excluding carboxylic acids is 1. The SMILES string of the molecule is Cc1n[nH]c(C)c1CCC(=O)N1CCC(C(=O)O)CC1. The van der Waals surface area contributed by atoms with Crippen LogP contribution >= 0.6 is 0 Å². The number of carboxylic acid groups (broad SMARTS) is 1. The van der Waals surface area contributed by atoms with Gasteiger partial charge < -0.3 is 10.0 Å². The summed E-state index contributed by atoms with van der Waals surface area (Å²) in [5, 5.41) is 16.0. The van der Waals surface area contributed by atoms with Crippen LogP contribution in [-0.2, 0) is 16.0 Å². The Morgan fingerprint density at radius 3 is 2.50 bits per heavy atom. The molecule has 1 aromatic rings.